The molecule has 0 aliphatic heterocycles. The third-order valence-corrected chi connectivity index (χ3v) is 8.05. The number of ether oxygens (including phenoxy) is 2. The van der Waals surface area contributed by atoms with Crippen LogP contribution in [0.5, 0.6) is 0 Å². The topological polar surface area (TPSA) is 192 Å². The van der Waals surface area contributed by atoms with Crippen LogP contribution in [0.4, 0.5) is 9.59 Å². The fourth-order valence-corrected chi connectivity index (χ4v) is 5.29. The first-order valence-corrected chi connectivity index (χ1v) is 17.3. The van der Waals surface area contributed by atoms with Crippen molar-refractivity contribution >= 4 is 52.8 Å². The zero-order valence-corrected chi connectivity index (χ0v) is 28.5. The summed E-state index contributed by atoms with van der Waals surface area (Å²) in [5.74, 6) is -1.25. The molecule has 1 heterocycles. The van der Waals surface area contributed by atoms with Crippen LogP contribution in [0.3, 0.4) is 0 Å². The maximum atomic E-state index is 13.6. The maximum absolute atomic E-state index is 13.6. The molecule has 264 valence electrons. The predicted octanol–water partition coefficient (Wildman–Crippen LogP) is 4.07. The number of nitrogens with zero attached hydrogens (tertiary/aromatic N) is 2. The molecular formula is C35H40N6O8S. The molecule has 0 aliphatic rings. The van der Waals surface area contributed by atoms with E-state index in [1.807, 2.05) is 36.6 Å². The highest BCUT2D eigenvalue weighted by molar-refractivity contribution is 7.98. The van der Waals surface area contributed by atoms with Gasteiger partial charge in [0.05, 0.1) is 24.2 Å². The van der Waals surface area contributed by atoms with Crippen molar-refractivity contribution in [2.45, 2.75) is 45.1 Å². The van der Waals surface area contributed by atoms with E-state index in [1.54, 1.807) is 67.2 Å². The number of thioether (sulfide) groups is 1. The zero-order chi connectivity index (χ0) is 35.9. The van der Waals surface area contributed by atoms with Crippen LogP contribution in [0.1, 0.15) is 40.7 Å². The lowest BCUT2D eigenvalue weighted by Crippen LogP contribution is -2.48. The van der Waals surface area contributed by atoms with Crippen molar-refractivity contribution < 1.29 is 38.6 Å². The lowest BCUT2D eigenvalue weighted by atomic mass is 10.1. The molecule has 0 saturated carbocycles. The average Bonchev–Trinajstić information content (AvgIpc) is 3.53. The summed E-state index contributed by atoms with van der Waals surface area (Å²) in [6.45, 7) is 1.66. The molecule has 0 aliphatic carbocycles. The van der Waals surface area contributed by atoms with E-state index in [4.69, 9.17) is 9.47 Å². The number of esters is 1. The number of hydrogen-bond donors (Lipinski definition) is 5. The van der Waals surface area contributed by atoms with Crippen molar-refractivity contribution in [1.29, 1.82) is 0 Å². The van der Waals surface area contributed by atoms with Crippen LogP contribution in [0.15, 0.2) is 78.9 Å². The van der Waals surface area contributed by atoms with Crippen LogP contribution in [-0.2, 0) is 38.8 Å². The van der Waals surface area contributed by atoms with E-state index in [0.29, 0.717) is 23.6 Å². The Morgan fingerprint density at radius 1 is 0.880 bits per heavy atom. The van der Waals surface area contributed by atoms with E-state index in [-0.39, 0.29) is 38.4 Å². The first-order valence-electron chi connectivity index (χ1n) is 15.9. The van der Waals surface area contributed by atoms with Crippen molar-refractivity contribution in [3.8, 4) is 0 Å². The van der Waals surface area contributed by atoms with Gasteiger partial charge in [0.25, 0.3) is 5.91 Å². The number of carboxylic acids is 1. The SMILES string of the molecule is CCOC(=O)C(CCSC)NC(=O)N(Cc1ccc(C(=O)NCC(NC(=O)OCc2ccccc2)C(=O)O)cc1)Cc1nc2ccccc2[nH]1. The second-order valence-corrected chi connectivity index (χ2v) is 12.1. The van der Waals surface area contributed by atoms with Crippen LogP contribution in [0.2, 0.25) is 0 Å². The highest BCUT2D eigenvalue weighted by atomic mass is 32.2. The van der Waals surface area contributed by atoms with Gasteiger partial charge in [0, 0.05) is 18.7 Å². The fourth-order valence-electron chi connectivity index (χ4n) is 4.81. The number of aromatic nitrogens is 2. The minimum Gasteiger partial charge on any atom is -0.480 e. The van der Waals surface area contributed by atoms with E-state index in [0.717, 1.165) is 16.6 Å². The van der Waals surface area contributed by atoms with E-state index >= 15 is 0 Å². The molecule has 14 nitrogen and oxygen atoms in total. The minimum atomic E-state index is -1.43. The van der Waals surface area contributed by atoms with Gasteiger partial charge in [0.15, 0.2) is 0 Å². The van der Waals surface area contributed by atoms with Gasteiger partial charge in [0.2, 0.25) is 0 Å². The number of aromatic amines is 1. The van der Waals surface area contributed by atoms with Crippen LogP contribution in [-0.4, -0.2) is 87.2 Å². The molecular weight excluding hydrogens is 664 g/mol. The third kappa shape index (κ3) is 11.3. The minimum absolute atomic E-state index is 0.0426. The van der Waals surface area contributed by atoms with E-state index in [1.165, 1.54) is 4.90 Å². The molecule has 4 rings (SSSR count). The number of nitrogens with one attached hydrogen (secondary N) is 4. The fraction of sp³-hybridized carbons (Fsp3) is 0.314. The maximum Gasteiger partial charge on any atom is 0.408 e. The lowest BCUT2D eigenvalue weighted by molar-refractivity contribution is -0.145. The summed E-state index contributed by atoms with van der Waals surface area (Å²) in [5.41, 5.74) is 3.20. The Hall–Kier alpha value is -5.57. The molecule has 0 fully saturated rings. The second kappa shape index (κ2) is 18.8. The van der Waals surface area contributed by atoms with Gasteiger partial charge in [-0.25, -0.2) is 24.2 Å². The summed E-state index contributed by atoms with van der Waals surface area (Å²) in [7, 11) is 0. The number of para-hydroxylation sites is 2. The van der Waals surface area contributed by atoms with Crippen LogP contribution >= 0.6 is 11.8 Å². The van der Waals surface area contributed by atoms with Crippen molar-refractivity contribution in [1.82, 2.24) is 30.8 Å². The van der Waals surface area contributed by atoms with Gasteiger partial charge >= 0.3 is 24.1 Å². The molecule has 0 spiro atoms. The lowest BCUT2D eigenvalue weighted by Gasteiger charge is -2.25. The predicted molar refractivity (Wildman–Crippen MR) is 187 cm³/mol. The average molecular weight is 705 g/mol. The van der Waals surface area contributed by atoms with Crippen molar-refractivity contribution in [2.24, 2.45) is 0 Å². The number of H-pyrrole nitrogens is 1. The largest absolute Gasteiger partial charge is 0.480 e. The van der Waals surface area contributed by atoms with Gasteiger partial charge in [-0.1, -0.05) is 54.6 Å². The Labute approximate surface area is 293 Å². The summed E-state index contributed by atoms with van der Waals surface area (Å²) in [6, 6.07) is 20.0. The summed E-state index contributed by atoms with van der Waals surface area (Å²) in [5, 5.41) is 17.1. The molecule has 2 atom stereocenters. The Bertz CT molecular complexity index is 1720. The van der Waals surface area contributed by atoms with Gasteiger partial charge in [-0.05, 0) is 60.7 Å². The molecule has 3 aromatic carbocycles. The zero-order valence-electron chi connectivity index (χ0n) is 27.7. The van der Waals surface area contributed by atoms with Gasteiger partial charge in [0.1, 0.15) is 24.5 Å². The summed E-state index contributed by atoms with van der Waals surface area (Å²) in [4.78, 5) is 72.4. The van der Waals surface area contributed by atoms with Gasteiger partial charge in [-0.2, -0.15) is 11.8 Å². The van der Waals surface area contributed by atoms with Crippen LogP contribution in [0.25, 0.3) is 11.0 Å². The normalized spacial score (nSPS) is 12.0. The quantitative estimate of drug-likeness (QED) is 0.100. The number of carbonyl (C=O) groups is 5. The Morgan fingerprint density at radius 3 is 2.28 bits per heavy atom. The number of fused-ring (bicyclic) bond motifs is 1. The summed E-state index contributed by atoms with van der Waals surface area (Å²) >= 11 is 1.55. The second-order valence-electron chi connectivity index (χ2n) is 11.1. The van der Waals surface area contributed by atoms with E-state index < -0.39 is 42.1 Å². The van der Waals surface area contributed by atoms with Crippen molar-refractivity contribution in [2.75, 3.05) is 25.2 Å². The highest BCUT2D eigenvalue weighted by Crippen LogP contribution is 2.15. The Balaban J connectivity index is 1.40. The van der Waals surface area contributed by atoms with Gasteiger partial charge in [-0.3, -0.25) is 4.79 Å². The van der Waals surface area contributed by atoms with Crippen LogP contribution < -0.4 is 16.0 Å². The Kier molecular flexibility index (Phi) is 14.0. The highest BCUT2D eigenvalue weighted by Gasteiger charge is 2.26. The molecule has 1 aromatic heterocycles. The standard InChI is InChI=1S/C35H40N6O8S/c1-3-48-33(45)28(17-18-50-2)39-34(46)41(21-30-37-26-11-7-8-12-27(26)38-30)20-23-13-15-25(16-14-23)31(42)36-19-29(32(43)44)40-35(47)49-22-24-9-5-4-6-10-24/h4-16,28-29H,3,17-22H2,1-2H3,(H,36,42)(H,37,38)(H,39,46)(H,40,47)(H,43,44). The number of urea groups is 1. The Morgan fingerprint density at radius 2 is 1.60 bits per heavy atom. The first kappa shape index (κ1) is 37.3. The number of carbonyl (C=O) groups excluding carboxylic acids is 4. The molecule has 50 heavy (non-hydrogen) atoms. The molecule has 0 radical (unpaired) electrons. The van der Waals surface area contributed by atoms with E-state index in [2.05, 4.69) is 25.9 Å². The van der Waals surface area contributed by atoms with Crippen molar-refractivity contribution in [3.63, 3.8) is 0 Å². The molecule has 5 N–H and O–H groups in total. The van der Waals surface area contributed by atoms with E-state index in [9.17, 15) is 29.1 Å². The molecule has 0 saturated heterocycles. The van der Waals surface area contributed by atoms with Crippen LogP contribution in [0, 0.1) is 0 Å². The number of benzene rings is 3. The summed E-state index contributed by atoms with van der Waals surface area (Å²) < 4.78 is 10.3. The number of alkyl carbamates (subject to hydrolysis) is 1. The number of amides is 4. The van der Waals surface area contributed by atoms with Gasteiger partial charge < -0.3 is 40.4 Å². The summed E-state index contributed by atoms with van der Waals surface area (Å²) in [6.07, 6.45) is 1.36. The number of carboxylic acid groups (broad SMARTS) is 1. The van der Waals surface area contributed by atoms with Gasteiger partial charge in [-0.15, -0.1) is 0 Å². The van der Waals surface area contributed by atoms with Crippen molar-refractivity contribution in [3.05, 3.63) is 101 Å². The molecule has 4 amide bonds. The molecule has 2 unspecified atom stereocenters. The molecule has 4 aromatic rings. The molecule has 0 bridgehead atoms. The number of aliphatic carboxylic acids is 1. The third-order valence-electron chi connectivity index (χ3n) is 7.40. The monoisotopic (exact) mass is 704 g/mol. The molecule has 15 heteroatoms. The number of imidazole rings is 1. The smallest absolute Gasteiger partial charge is 0.408 e. The first-order chi connectivity index (χ1) is 24.2. The number of hydrogen-bond acceptors (Lipinski definition) is 9. The number of rotatable bonds is 17.